The summed E-state index contributed by atoms with van der Waals surface area (Å²) in [5, 5.41) is 0. The Morgan fingerprint density at radius 3 is 2.31 bits per heavy atom. The van der Waals surface area contributed by atoms with Crippen LogP contribution in [0, 0.1) is 5.92 Å². The largest absolute Gasteiger partial charge is 0.417 e. The minimum atomic E-state index is -1.37. The van der Waals surface area contributed by atoms with Gasteiger partial charge in [0.25, 0.3) is 0 Å². The molecule has 1 unspecified atom stereocenters. The van der Waals surface area contributed by atoms with Gasteiger partial charge in [-0.05, 0) is 31.5 Å². The van der Waals surface area contributed by atoms with Gasteiger partial charge in [0.2, 0.25) is 0 Å². The van der Waals surface area contributed by atoms with Gasteiger partial charge in [-0.1, -0.05) is 32.6 Å². The van der Waals surface area contributed by atoms with E-state index in [2.05, 4.69) is 26.9 Å². The number of hydrogen-bond acceptors (Lipinski definition) is 1. The average molecular weight is 200 g/mol. The fraction of sp³-hybridized carbons (Fsp3) is 1.00. The first kappa shape index (κ1) is 11.3. The topological polar surface area (TPSA) is 9.23 Å². The minimum Gasteiger partial charge on any atom is -0.417 e. The first-order chi connectivity index (χ1) is 6.08. The maximum Gasteiger partial charge on any atom is 0.189 e. The van der Waals surface area contributed by atoms with E-state index in [9.17, 15) is 0 Å². The maximum atomic E-state index is 5.94. The Labute approximate surface area is 84.0 Å². The maximum absolute atomic E-state index is 5.94. The molecule has 0 radical (unpaired) electrons. The lowest BCUT2D eigenvalue weighted by Crippen LogP contribution is -2.38. The first-order valence-corrected chi connectivity index (χ1v) is 8.70. The highest BCUT2D eigenvalue weighted by molar-refractivity contribution is 6.72. The third-order valence-electron chi connectivity index (χ3n) is 3.72. The smallest absolute Gasteiger partial charge is 0.189 e. The fourth-order valence-corrected chi connectivity index (χ4v) is 5.00. The number of rotatable bonds is 4. The van der Waals surface area contributed by atoms with Crippen LogP contribution in [0.25, 0.3) is 0 Å². The van der Waals surface area contributed by atoms with Gasteiger partial charge in [-0.2, -0.15) is 0 Å². The van der Waals surface area contributed by atoms with Crippen molar-refractivity contribution in [1.82, 2.24) is 0 Å². The lowest BCUT2D eigenvalue weighted by Gasteiger charge is -2.33. The molecular formula is C11H24OSi. The zero-order valence-electron chi connectivity index (χ0n) is 9.60. The molecule has 1 aliphatic carbocycles. The van der Waals surface area contributed by atoms with Crippen LogP contribution in [0.1, 0.15) is 39.5 Å². The molecule has 0 aromatic rings. The van der Waals surface area contributed by atoms with E-state index in [1.165, 1.54) is 25.7 Å². The molecule has 0 heterocycles. The first-order valence-electron chi connectivity index (χ1n) is 5.72. The number of hydrogen-bond donors (Lipinski definition) is 0. The highest BCUT2D eigenvalue weighted by Gasteiger charge is 2.36. The van der Waals surface area contributed by atoms with E-state index in [0.717, 1.165) is 18.1 Å². The van der Waals surface area contributed by atoms with Crippen LogP contribution >= 0.6 is 0 Å². The summed E-state index contributed by atoms with van der Waals surface area (Å²) in [5.74, 6) is 0.966. The summed E-state index contributed by atoms with van der Waals surface area (Å²) in [4.78, 5) is 0. The van der Waals surface area contributed by atoms with Crippen molar-refractivity contribution in [3.63, 3.8) is 0 Å². The molecule has 0 N–H and O–H groups in total. The van der Waals surface area contributed by atoms with Crippen LogP contribution in [0.3, 0.4) is 0 Å². The van der Waals surface area contributed by atoms with Crippen molar-refractivity contribution in [2.75, 3.05) is 6.61 Å². The monoisotopic (exact) mass is 200 g/mol. The molecule has 0 aromatic heterocycles. The van der Waals surface area contributed by atoms with Gasteiger partial charge in [0.1, 0.15) is 0 Å². The molecule has 1 aliphatic rings. The van der Waals surface area contributed by atoms with Crippen molar-refractivity contribution in [2.24, 2.45) is 5.92 Å². The quantitative estimate of drug-likeness (QED) is 0.627. The van der Waals surface area contributed by atoms with E-state index < -0.39 is 8.32 Å². The van der Waals surface area contributed by atoms with Crippen molar-refractivity contribution >= 4 is 8.32 Å². The third-order valence-corrected chi connectivity index (χ3v) is 7.42. The molecular weight excluding hydrogens is 176 g/mol. The molecule has 1 saturated carbocycles. The van der Waals surface area contributed by atoms with E-state index >= 15 is 0 Å². The van der Waals surface area contributed by atoms with Crippen molar-refractivity contribution in [1.29, 1.82) is 0 Å². The van der Waals surface area contributed by atoms with Crippen molar-refractivity contribution in [3.05, 3.63) is 0 Å². The van der Waals surface area contributed by atoms with Gasteiger partial charge >= 0.3 is 0 Å². The van der Waals surface area contributed by atoms with Gasteiger partial charge in [-0.3, -0.25) is 0 Å². The van der Waals surface area contributed by atoms with Gasteiger partial charge in [0.15, 0.2) is 8.32 Å². The van der Waals surface area contributed by atoms with Gasteiger partial charge in [0, 0.05) is 6.61 Å². The third kappa shape index (κ3) is 2.81. The summed E-state index contributed by atoms with van der Waals surface area (Å²) < 4.78 is 5.94. The summed E-state index contributed by atoms with van der Waals surface area (Å²) in [6.07, 6.45) is 5.80. The standard InChI is InChI=1S/C11H24OSi/c1-5-12-13(3,4)10(2)11-8-6-7-9-11/h10-11H,5-9H2,1-4H3. The van der Waals surface area contributed by atoms with Crippen LogP contribution in [-0.4, -0.2) is 14.9 Å². The lowest BCUT2D eigenvalue weighted by atomic mass is 10.1. The van der Waals surface area contributed by atoms with Gasteiger partial charge in [-0.15, -0.1) is 0 Å². The lowest BCUT2D eigenvalue weighted by molar-refractivity contribution is 0.307. The van der Waals surface area contributed by atoms with E-state index in [1.54, 1.807) is 0 Å². The highest BCUT2D eigenvalue weighted by Crippen LogP contribution is 2.40. The minimum absolute atomic E-state index is 0.843. The van der Waals surface area contributed by atoms with E-state index in [1.807, 2.05) is 0 Å². The summed E-state index contributed by atoms with van der Waals surface area (Å²) >= 11 is 0. The Hall–Kier alpha value is 0.177. The second-order valence-corrected chi connectivity index (χ2v) is 9.28. The molecule has 2 heteroatoms. The van der Waals surface area contributed by atoms with Crippen molar-refractivity contribution < 1.29 is 4.43 Å². The molecule has 0 spiro atoms. The second-order valence-electron chi connectivity index (χ2n) is 4.87. The molecule has 1 nitrogen and oxygen atoms in total. The molecule has 0 aromatic carbocycles. The molecule has 0 bridgehead atoms. The van der Waals surface area contributed by atoms with Crippen LogP contribution in [0.4, 0.5) is 0 Å². The Morgan fingerprint density at radius 1 is 1.31 bits per heavy atom. The molecule has 0 saturated heterocycles. The Morgan fingerprint density at radius 2 is 1.85 bits per heavy atom. The molecule has 1 atom stereocenters. The van der Waals surface area contributed by atoms with Gasteiger partial charge in [0.05, 0.1) is 0 Å². The second kappa shape index (κ2) is 4.60. The molecule has 78 valence electrons. The predicted molar refractivity (Wildman–Crippen MR) is 60.5 cm³/mol. The van der Waals surface area contributed by atoms with E-state index in [0.29, 0.717) is 0 Å². The zero-order valence-corrected chi connectivity index (χ0v) is 10.6. The van der Waals surface area contributed by atoms with Crippen LogP contribution < -0.4 is 0 Å². The van der Waals surface area contributed by atoms with Crippen molar-refractivity contribution in [3.8, 4) is 0 Å². The fourth-order valence-electron chi connectivity index (χ4n) is 2.53. The SMILES string of the molecule is CCO[Si](C)(C)C(C)C1CCCC1. The molecule has 13 heavy (non-hydrogen) atoms. The Balaban J connectivity index is 2.48. The van der Waals surface area contributed by atoms with Gasteiger partial charge < -0.3 is 4.43 Å². The molecule has 0 amide bonds. The van der Waals surface area contributed by atoms with Crippen LogP contribution in [0.2, 0.25) is 18.6 Å². The summed E-state index contributed by atoms with van der Waals surface area (Å²) in [6.45, 7) is 10.2. The zero-order chi connectivity index (χ0) is 9.90. The van der Waals surface area contributed by atoms with Crippen LogP contribution in [0.5, 0.6) is 0 Å². The van der Waals surface area contributed by atoms with Crippen LogP contribution in [-0.2, 0) is 4.43 Å². The molecule has 0 aliphatic heterocycles. The highest BCUT2D eigenvalue weighted by atomic mass is 28.4. The van der Waals surface area contributed by atoms with Crippen LogP contribution in [0.15, 0.2) is 0 Å². The normalized spacial score (nSPS) is 22.2. The van der Waals surface area contributed by atoms with E-state index in [4.69, 9.17) is 4.43 Å². The molecule has 1 rings (SSSR count). The van der Waals surface area contributed by atoms with E-state index in [-0.39, 0.29) is 0 Å². The Kier molecular flexibility index (Phi) is 3.99. The Bertz CT molecular complexity index is 150. The summed E-state index contributed by atoms with van der Waals surface area (Å²) in [6, 6.07) is 0. The average Bonchev–Trinajstić information content (AvgIpc) is 2.54. The van der Waals surface area contributed by atoms with Crippen molar-refractivity contribution in [2.45, 2.75) is 58.2 Å². The summed E-state index contributed by atoms with van der Waals surface area (Å²) in [7, 11) is -1.37. The molecule has 1 fully saturated rings. The predicted octanol–water partition coefficient (Wildman–Crippen LogP) is 3.81. The summed E-state index contributed by atoms with van der Waals surface area (Å²) in [5.41, 5.74) is 0.843. The van der Waals surface area contributed by atoms with Gasteiger partial charge in [-0.25, -0.2) is 0 Å².